The fourth-order valence-corrected chi connectivity index (χ4v) is 8.04. The second-order valence-corrected chi connectivity index (χ2v) is 15.0. The molecule has 4 N–H and O–H groups in total. The number of ether oxygens (including phenoxy) is 4. The van der Waals surface area contributed by atoms with E-state index >= 15 is 0 Å². The molecule has 0 saturated carbocycles. The second kappa shape index (κ2) is 17.0. The Bertz CT molecular complexity index is 2150. The zero-order valence-electron chi connectivity index (χ0n) is 30.9. The van der Waals surface area contributed by atoms with Gasteiger partial charge in [0.1, 0.15) is 36.4 Å². The first-order valence-corrected chi connectivity index (χ1v) is 18.5. The van der Waals surface area contributed by atoms with E-state index in [1.165, 1.54) is 29.2 Å². The van der Waals surface area contributed by atoms with Crippen LogP contribution in [0.1, 0.15) is 64.5 Å². The topological polar surface area (TPSA) is 224 Å². The number of carbonyl (C=O) groups is 7. The largest absolute Gasteiger partial charge is 0.514 e. The monoisotopic (exact) mass is 798 g/mol. The van der Waals surface area contributed by atoms with Crippen LogP contribution in [0, 0.1) is 0 Å². The molecule has 2 aliphatic heterocycles. The molecule has 4 aromatic rings. The zero-order valence-corrected chi connectivity index (χ0v) is 31.7. The van der Waals surface area contributed by atoms with Crippen LogP contribution in [0.5, 0.6) is 5.75 Å². The molecule has 1 aromatic heterocycles. The van der Waals surface area contributed by atoms with Crippen LogP contribution in [0.2, 0.25) is 0 Å². The molecular formula is C39H38N6O11S. The number of aromatic amines is 1. The lowest BCUT2D eigenvalue weighted by Crippen LogP contribution is -2.85. The summed E-state index contributed by atoms with van der Waals surface area (Å²) in [6.45, 7) is 4.99. The molecule has 3 heterocycles. The van der Waals surface area contributed by atoms with E-state index in [2.05, 4.69) is 25.9 Å². The lowest BCUT2D eigenvalue weighted by atomic mass is 9.90. The maximum Gasteiger partial charge on any atom is 0.514 e. The minimum atomic E-state index is -2.05. The Kier molecular flexibility index (Phi) is 11.9. The molecule has 17 nitrogen and oxygen atoms in total. The lowest BCUT2D eigenvalue weighted by molar-refractivity contribution is -0.174. The summed E-state index contributed by atoms with van der Waals surface area (Å²) in [5.41, 5.74) is -1.10. The van der Waals surface area contributed by atoms with Crippen molar-refractivity contribution in [1.29, 1.82) is 0 Å². The Morgan fingerprint density at radius 2 is 1.54 bits per heavy atom. The summed E-state index contributed by atoms with van der Waals surface area (Å²) < 4.78 is 20.1. The predicted molar refractivity (Wildman–Crippen MR) is 201 cm³/mol. The Balaban J connectivity index is 1.23. The van der Waals surface area contributed by atoms with Gasteiger partial charge in [0, 0.05) is 4.75 Å². The molecule has 2 aliphatic rings. The van der Waals surface area contributed by atoms with Gasteiger partial charge in [-0.1, -0.05) is 72.8 Å². The number of esters is 2. The number of β-lactam (4-membered cyclic amide) rings is 1. The van der Waals surface area contributed by atoms with Crippen molar-refractivity contribution in [3.05, 3.63) is 119 Å². The number of rotatable bonds is 15. The minimum absolute atomic E-state index is 0.0105. The third-order valence-corrected chi connectivity index (χ3v) is 10.7. The highest BCUT2D eigenvalue weighted by Crippen LogP contribution is 2.54. The van der Waals surface area contributed by atoms with Crippen molar-refractivity contribution in [3.8, 4) is 5.75 Å². The van der Waals surface area contributed by atoms with Crippen molar-refractivity contribution in [2.45, 2.75) is 61.9 Å². The number of nitrogens with zero attached hydrogens (tertiary/aromatic N) is 2. The second-order valence-electron chi connectivity index (χ2n) is 13.3. The average molecular weight is 799 g/mol. The van der Waals surface area contributed by atoms with Crippen molar-refractivity contribution in [2.75, 3.05) is 6.61 Å². The van der Waals surface area contributed by atoms with E-state index in [4.69, 9.17) is 18.9 Å². The first kappa shape index (κ1) is 40.0. The van der Waals surface area contributed by atoms with E-state index in [1.807, 2.05) is 12.1 Å². The third kappa shape index (κ3) is 8.45. The van der Waals surface area contributed by atoms with Crippen molar-refractivity contribution >= 4 is 54.0 Å². The van der Waals surface area contributed by atoms with E-state index < -0.39 is 63.7 Å². The normalized spacial score (nSPS) is 19.5. The van der Waals surface area contributed by atoms with E-state index in [9.17, 15) is 33.6 Å². The highest BCUT2D eigenvalue weighted by atomic mass is 32.2. The molecule has 0 radical (unpaired) electrons. The lowest BCUT2D eigenvalue weighted by Gasteiger charge is -2.52. The number of carbonyl (C=O) groups excluding carboxylic acids is 7. The number of nitrogens with one attached hydrogen (secondary N) is 4. The zero-order chi connectivity index (χ0) is 40.7. The smallest absolute Gasteiger partial charge is 0.461 e. The van der Waals surface area contributed by atoms with Gasteiger partial charge in [-0.15, -0.1) is 11.8 Å². The van der Waals surface area contributed by atoms with Gasteiger partial charge in [0.2, 0.25) is 18.0 Å². The van der Waals surface area contributed by atoms with Crippen molar-refractivity contribution in [3.63, 3.8) is 0 Å². The molecule has 2 saturated heterocycles. The van der Waals surface area contributed by atoms with Crippen molar-refractivity contribution < 1.29 is 52.5 Å². The molecule has 6 rings (SSSR count). The molecular weight excluding hydrogens is 761 g/mol. The molecule has 1 unspecified atom stereocenters. The van der Waals surface area contributed by atoms with Crippen LogP contribution in [-0.2, 0) is 46.6 Å². The number of amides is 4. The maximum atomic E-state index is 14.3. The molecule has 0 aliphatic carbocycles. The fraction of sp³-hybridized carbons (Fsp3) is 0.282. The fourth-order valence-electron chi connectivity index (χ4n) is 6.39. The van der Waals surface area contributed by atoms with Gasteiger partial charge >= 0.3 is 18.1 Å². The molecule has 2 fully saturated rings. The van der Waals surface area contributed by atoms with Gasteiger partial charge in [0.15, 0.2) is 11.4 Å². The quantitative estimate of drug-likeness (QED) is 0.0339. The summed E-state index contributed by atoms with van der Waals surface area (Å²) in [7, 11) is 0. The number of hydrogen-bond donors (Lipinski definition) is 4. The number of H-pyrrole nitrogens is 1. The highest BCUT2D eigenvalue weighted by Gasteiger charge is 2.73. The van der Waals surface area contributed by atoms with Crippen molar-refractivity contribution in [2.24, 2.45) is 0 Å². The average Bonchev–Trinajstić information content (AvgIpc) is 3.81. The number of aromatic nitrogens is 2. The molecule has 0 bridgehead atoms. The molecule has 18 heteroatoms. The van der Waals surface area contributed by atoms with Gasteiger partial charge in [-0.05, 0) is 49.6 Å². The molecule has 4 amide bonds. The standard InChI is InChI=1S/C39H38N6O11S/c1-4-53-33(49)29-28(40-21-41-29)31(47)43-27(25-15-17-26(18-16-25)56-37(52)55-20-24-13-9-6-10-14-24)32(48)44-39(42-22-46)35(51)45-30(38(2,3)57-36(39)45)34(50)54-19-23-11-7-5-8-12-23/h5-18,21-22,27,30,36H,4,19-20H2,1-3H3,(H,40,41)(H,42,46)(H,43,47)(H,44,48)/t27?,30-,36+,39+/m0/s1. The Morgan fingerprint density at radius 3 is 2.16 bits per heavy atom. The molecule has 296 valence electrons. The van der Waals surface area contributed by atoms with Gasteiger partial charge in [-0.25, -0.2) is 19.4 Å². The Labute approximate surface area is 330 Å². The number of imidazole rings is 1. The number of thioether (sulfide) groups is 1. The number of fused-ring (bicyclic) bond motifs is 1. The van der Waals surface area contributed by atoms with Crippen LogP contribution in [-0.4, -0.2) is 85.5 Å². The number of hydrogen-bond acceptors (Lipinski definition) is 13. The van der Waals surface area contributed by atoms with E-state index in [0.717, 1.165) is 29.2 Å². The van der Waals surface area contributed by atoms with Crippen LogP contribution < -0.4 is 20.7 Å². The molecule has 0 spiro atoms. The minimum Gasteiger partial charge on any atom is -0.461 e. The van der Waals surface area contributed by atoms with Crippen LogP contribution >= 0.6 is 11.8 Å². The van der Waals surface area contributed by atoms with Crippen LogP contribution in [0.15, 0.2) is 91.3 Å². The van der Waals surface area contributed by atoms with Crippen LogP contribution in [0.3, 0.4) is 0 Å². The summed E-state index contributed by atoms with van der Waals surface area (Å²) in [5.74, 6) is -4.24. The molecule has 4 atom stereocenters. The van der Waals surface area contributed by atoms with E-state index in [1.54, 1.807) is 69.3 Å². The van der Waals surface area contributed by atoms with Crippen LogP contribution in [0.4, 0.5) is 4.79 Å². The van der Waals surface area contributed by atoms with Gasteiger partial charge < -0.3 is 44.8 Å². The molecule has 3 aromatic carbocycles. The van der Waals surface area contributed by atoms with Gasteiger partial charge in [0.25, 0.3) is 11.8 Å². The number of benzene rings is 3. The Morgan fingerprint density at radius 1 is 0.912 bits per heavy atom. The van der Waals surface area contributed by atoms with Crippen molar-refractivity contribution in [1.82, 2.24) is 30.8 Å². The van der Waals surface area contributed by atoms with Crippen LogP contribution in [0.25, 0.3) is 0 Å². The first-order chi connectivity index (χ1) is 27.4. The summed E-state index contributed by atoms with van der Waals surface area (Å²) in [4.78, 5) is 100. The molecule has 57 heavy (non-hydrogen) atoms. The van der Waals surface area contributed by atoms with E-state index in [-0.39, 0.29) is 48.9 Å². The summed E-state index contributed by atoms with van der Waals surface area (Å²) in [6.07, 6.45) is 0.355. The highest BCUT2D eigenvalue weighted by molar-refractivity contribution is 8.01. The maximum absolute atomic E-state index is 14.3. The summed E-state index contributed by atoms with van der Waals surface area (Å²) in [6, 6.07) is 20.7. The summed E-state index contributed by atoms with van der Waals surface area (Å²) >= 11 is 1.16. The third-order valence-electron chi connectivity index (χ3n) is 9.09. The van der Waals surface area contributed by atoms with Gasteiger partial charge in [-0.3, -0.25) is 19.2 Å². The Hall–Kier alpha value is -6.69. The predicted octanol–water partition coefficient (Wildman–Crippen LogP) is 3.14. The van der Waals surface area contributed by atoms with E-state index in [0.29, 0.717) is 0 Å². The summed E-state index contributed by atoms with van der Waals surface area (Å²) in [5, 5.41) is 6.62. The van der Waals surface area contributed by atoms with Gasteiger partial charge in [0.05, 0.1) is 12.9 Å². The first-order valence-electron chi connectivity index (χ1n) is 17.6. The SMILES string of the molecule is CCOC(=O)c1[nH]cnc1C(=O)NC(C(=O)N[C@]1(NC=O)C(=O)N2[C@@H](C(=O)OCc3ccccc3)C(C)(C)S[C@@H]21)c1ccc(OC(=O)OCc2ccccc2)cc1. The van der Waals surface area contributed by atoms with Gasteiger partial charge in [-0.2, -0.15) is 0 Å².